The number of hydrogen-bond acceptors (Lipinski definition) is 3. The van der Waals surface area contributed by atoms with E-state index in [0.717, 1.165) is 0 Å². The minimum absolute atomic E-state index is 0.0712. The zero-order valence-corrected chi connectivity index (χ0v) is 11.0. The molecule has 1 fully saturated rings. The van der Waals surface area contributed by atoms with Crippen LogP contribution in [0.25, 0.3) is 0 Å². The van der Waals surface area contributed by atoms with Crippen LogP contribution in [-0.2, 0) is 9.53 Å². The third-order valence-electron chi connectivity index (χ3n) is 3.48. The molecule has 0 radical (unpaired) electrons. The van der Waals surface area contributed by atoms with Gasteiger partial charge in [0.25, 0.3) is 0 Å². The van der Waals surface area contributed by atoms with E-state index in [2.05, 4.69) is 5.32 Å². The van der Waals surface area contributed by atoms with Crippen LogP contribution in [0.1, 0.15) is 32.1 Å². The standard InChI is InChI=1S/C12H21F3N2O2/c1-19-7-6-9(16)11(18)17-10-5-3-2-4-8(10)12(13,14)15/h8-10H,2-7,16H2,1H3,(H,17,18). The van der Waals surface area contributed by atoms with Crippen molar-refractivity contribution in [1.82, 2.24) is 5.32 Å². The van der Waals surface area contributed by atoms with Crippen LogP contribution in [0, 0.1) is 5.92 Å². The predicted octanol–water partition coefficient (Wildman–Crippen LogP) is 1.59. The second kappa shape index (κ2) is 7.09. The van der Waals surface area contributed by atoms with Crippen molar-refractivity contribution >= 4 is 5.91 Å². The summed E-state index contributed by atoms with van der Waals surface area (Å²) in [4.78, 5) is 11.7. The second-order valence-electron chi connectivity index (χ2n) is 4.94. The molecule has 1 aliphatic carbocycles. The lowest BCUT2D eigenvalue weighted by atomic mass is 9.84. The lowest BCUT2D eigenvalue weighted by Crippen LogP contribution is -2.52. The molecule has 0 heterocycles. The summed E-state index contributed by atoms with van der Waals surface area (Å²) in [6.07, 6.45) is -2.30. The van der Waals surface area contributed by atoms with E-state index in [9.17, 15) is 18.0 Å². The molecule has 0 saturated heterocycles. The van der Waals surface area contributed by atoms with Crippen LogP contribution in [0.15, 0.2) is 0 Å². The molecule has 3 unspecified atom stereocenters. The molecular weight excluding hydrogens is 261 g/mol. The molecule has 112 valence electrons. The number of nitrogens with two attached hydrogens (primary N) is 1. The van der Waals surface area contributed by atoms with Crippen LogP contribution in [0.3, 0.4) is 0 Å². The fraction of sp³-hybridized carbons (Fsp3) is 0.917. The first kappa shape index (κ1) is 16.2. The Kier molecular flexibility index (Phi) is 6.06. The Morgan fingerprint density at radius 1 is 1.42 bits per heavy atom. The monoisotopic (exact) mass is 282 g/mol. The minimum Gasteiger partial charge on any atom is -0.385 e. The van der Waals surface area contributed by atoms with Crippen molar-refractivity contribution in [1.29, 1.82) is 0 Å². The number of carbonyl (C=O) groups is 1. The van der Waals surface area contributed by atoms with Gasteiger partial charge >= 0.3 is 6.18 Å². The molecule has 4 nitrogen and oxygen atoms in total. The number of alkyl halides is 3. The molecule has 1 saturated carbocycles. The number of hydrogen-bond donors (Lipinski definition) is 2. The molecule has 0 aromatic rings. The molecular formula is C12H21F3N2O2. The molecule has 19 heavy (non-hydrogen) atoms. The molecule has 0 spiro atoms. The van der Waals surface area contributed by atoms with Crippen LogP contribution in [-0.4, -0.2) is 37.9 Å². The summed E-state index contributed by atoms with van der Waals surface area (Å²) in [6, 6.07) is -1.68. The largest absolute Gasteiger partial charge is 0.393 e. The number of halogens is 3. The van der Waals surface area contributed by atoms with Crippen molar-refractivity contribution < 1.29 is 22.7 Å². The van der Waals surface area contributed by atoms with Crippen LogP contribution in [0.4, 0.5) is 13.2 Å². The molecule has 0 aromatic carbocycles. The van der Waals surface area contributed by atoms with E-state index in [-0.39, 0.29) is 6.42 Å². The van der Waals surface area contributed by atoms with Gasteiger partial charge in [0.15, 0.2) is 0 Å². The molecule has 7 heteroatoms. The smallest absolute Gasteiger partial charge is 0.385 e. The second-order valence-corrected chi connectivity index (χ2v) is 4.94. The Hall–Kier alpha value is -0.820. The summed E-state index contributed by atoms with van der Waals surface area (Å²) in [7, 11) is 1.48. The number of rotatable bonds is 5. The normalized spacial score (nSPS) is 25.9. The SMILES string of the molecule is COCCC(N)C(=O)NC1CCCCC1C(F)(F)F. The average molecular weight is 282 g/mol. The van der Waals surface area contributed by atoms with Gasteiger partial charge in [0.05, 0.1) is 12.0 Å². The average Bonchev–Trinajstić information content (AvgIpc) is 2.35. The highest BCUT2D eigenvalue weighted by atomic mass is 19.4. The van der Waals surface area contributed by atoms with Gasteiger partial charge in [-0.2, -0.15) is 13.2 Å². The molecule has 0 aromatic heterocycles. The van der Waals surface area contributed by atoms with Crippen molar-refractivity contribution in [3.63, 3.8) is 0 Å². The molecule has 1 aliphatic rings. The minimum atomic E-state index is -4.27. The van der Waals surface area contributed by atoms with Crippen molar-refractivity contribution in [2.45, 2.75) is 50.4 Å². The number of carbonyl (C=O) groups excluding carboxylic acids is 1. The quantitative estimate of drug-likeness (QED) is 0.805. The van der Waals surface area contributed by atoms with Crippen molar-refractivity contribution in [3.05, 3.63) is 0 Å². The van der Waals surface area contributed by atoms with Gasteiger partial charge in [0.1, 0.15) is 0 Å². The third-order valence-corrected chi connectivity index (χ3v) is 3.48. The summed E-state index contributed by atoms with van der Waals surface area (Å²) in [5.41, 5.74) is 5.60. The Morgan fingerprint density at radius 2 is 2.05 bits per heavy atom. The lowest BCUT2D eigenvalue weighted by molar-refractivity contribution is -0.189. The molecule has 1 rings (SSSR count). The summed E-state index contributed by atoms with van der Waals surface area (Å²) < 4.78 is 43.3. The summed E-state index contributed by atoms with van der Waals surface area (Å²) >= 11 is 0. The highest BCUT2D eigenvalue weighted by Gasteiger charge is 2.46. The Labute approximate surface area is 110 Å². The van der Waals surface area contributed by atoms with Gasteiger partial charge in [-0.15, -0.1) is 0 Å². The van der Waals surface area contributed by atoms with Crippen LogP contribution >= 0.6 is 0 Å². The zero-order chi connectivity index (χ0) is 14.5. The van der Waals surface area contributed by atoms with E-state index in [1.807, 2.05) is 0 Å². The maximum atomic E-state index is 12.8. The van der Waals surface area contributed by atoms with Crippen molar-refractivity contribution in [2.24, 2.45) is 11.7 Å². The topological polar surface area (TPSA) is 64.3 Å². The Balaban J connectivity index is 2.55. The maximum absolute atomic E-state index is 12.8. The van der Waals surface area contributed by atoms with Gasteiger partial charge < -0.3 is 15.8 Å². The van der Waals surface area contributed by atoms with E-state index in [1.165, 1.54) is 7.11 Å². The van der Waals surface area contributed by atoms with Crippen LogP contribution in [0.2, 0.25) is 0 Å². The van der Waals surface area contributed by atoms with E-state index in [4.69, 9.17) is 10.5 Å². The number of ether oxygens (including phenoxy) is 1. The van der Waals surface area contributed by atoms with Gasteiger partial charge in [0.2, 0.25) is 5.91 Å². The van der Waals surface area contributed by atoms with Crippen LogP contribution in [0.5, 0.6) is 0 Å². The van der Waals surface area contributed by atoms with E-state index in [1.54, 1.807) is 0 Å². The molecule has 0 aliphatic heterocycles. The highest BCUT2D eigenvalue weighted by Crippen LogP contribution is 2.37. The lowest BCUT2D eigenvalue weighted by Gasteiger charge is -2.34. The van der Waals surface area contributed by atoms with Gasteiger partial charge in [-0.3, -0.25) is 4.79 Å². The van der Waals surface area contributed by atoms with Crippen molar-refractivity contribution in [2.75, 3.05) is 13.7 Å². The van der Waals surface area contributed by atoms with E-state index in [0.29, 0.717) is 32.3 Å². The molecule has 1 amide bonds. The fourth-order valence-electron chi connectivity index (χ4n) is 2.36. The maximum Gasteiger partial charge on any atom is 0.393 e. The third kappa shape index (κ3) is 4.99. The summed E-state index contributed by atoms with van der Waals surface area (Å²) in [5, 5.41) is 2.44. The summed E-state index contributed by atoms with van der Waals surface area (Å²) in [5.74, 6) is -1.99. The fourth-order valence-corrected chi connectivity index (χ4v) is 2.36. The number of methoxy groups -OCH3 is 1. The zero-order valence-electron chi connectivity index (χ0n) is 11.0. The number of nitrogens with one attached hydrogen (secondary N) is 1. The first-order valence-electron chi connectivity index (χ1n) is 6.48. The van der Waals surface area contributed by atoms with E-state index >= 15 is 0 Å². The van der Waals surface area contributed by atoms with Gasteiger partial charge in [0, 0.05) is 19.8 Å². The molecule has 0 bridgehead atoms. The molecule has 3 atom stereocenters. The molecule has 3 N–H and O–H groups in total. The Bertz CT molecular complexity index is 297. The van der Waals surface area contributed by atoms with E-state index < -0.39 is 30.1 Å². The van der Waals surface area contributed by atoms with Crippen LogP contribution < -0.4 is 11.1 Å². The van der Waals surface area contributed by atoms with Crippen molar-refractivity contribution in [3.8, 4) is 0 Å². The Morgan fingerprint density at radius 3 is 2.63 bits per heavy atom. The van der Waals surface area contributed by atoms with Gasteiger partial charge in [-0.1, -0.05) is 12.8 Å². The van der Waals surface area contributed by atoms with Gasteiger partial charge in [-0.05, 0) is 19.3 Å². The van der Waals surface area contributed by atoms with Gasteiger partial charge in [-0.25, -0.2) is 0 Å². The first-order chi connectivity index (χ1) is 8.86. The highest BCUT2D eigenvalue weighted by molar-refractivity contribution is 5.81. The first-order valence-corrected chi connectivity index (χ1v) is 6.48. The summed E-state index contributed by atoms with van der Waals surface area (Å²) in [6.45, 7) is 0.307. The predicted molar refractivity (Wildman–Crippen MR) is 64.4 cm³/mol. The number of amides is 1.